The second-order valence-corrected chi connectivity index (χ2v) is 8.06. The van der Waals surface area contributed by atoms with Gasteiger partial charge < -0.3 is 14.7 Å². The minimum Gasteiger partial charge on any atom is -0.305 e. The number of hydrogen-bond donors (Lipinski definition) is 0. The molecule has 1 saturated carbocycles. The van der Waals surface area contributed by atoms with Crippen LogP contribution >= 0.6 is 0 Å². The first-order valence-corrected chi connectivity index (χ1v) is 8.91. The van der Waals surface area contributed by atoms with Crippen LogP contribution in [0.2, 0.25) is 0 Å². The van der Waals surface area contributed by atoms with E-state index >= 15 is 0 Å². The summed E-state index contributed by atoms with van der Waals surface area (Å²) in [6.07, 6.45) is 10.3. The van der Waals surface area contributed by atoms with E-state index in [1.54, 1.807) is 0 Å². The summed E-state index contributed by atoms with van der Waals surface area (Å²) in [7, 11) is 2.28. The zero-order valence-electron chi connectivity index (χ0n) is 13.2. The highest BCUT2D eigenvalue weighted by Gasteiger charge is 2.44. The molecule has 1 aliphatic carbocycles. The van der Waals surface area contributed by atoms with Crippen molar-refractivity contribution in [3.63, 3.8) is 0 Å². The Labute approximate surface area is 124 Å². The van der Waals surface area contributed by atoms with E-state index < -0.39 is 0 Å². The second-order valence-electron chi connectivity index (χ2n) is 8.06. The predicted octanol–water partition coefficient (Wildman–Crippen LogP) is 2.03. The molecular weight excluding hydrogens is 246 g/mol. The van der Waals surface area contributed by atoms with Crippen LogP contribution in [-0.4, -0.2) is 73.1 Å². The van der Waals surface area contributed by atoms with Crippen molar-refractivity contribution in [2.45, 2.75) is 57.0 Å². The minimum absolute atomic E-state index is 0.737. The van der Waals surface area contributed by atoms with Crippen molar-refractivity contribution >= 4 is 0 Å². The lowest BCUT2D eigenvalue weighted by molar-refractivity contribution is -0.0375. The van der Waals surface area contributed by atoms with Gasteiger partial charge in [-0.2, -0.15) is 0 Å². The zero-order valence-corrected chi connectivity index (χ0v) is 13.2. The summed E-state index contributed by atoms with van der Waals surface area (Å²) in [6.45, 7) is 8.25. The topological polar surface area (TPSA) is 9.72 Å². The van der Waals surface area contributed by atoms with Crippen LogP contribution < -0.4 is 0 Å². The van der Waals surface area contributed by atoms with Gasteiger partial charge in [-0.1, -0.05) is 0 Å². The van der Waals surface area contributed by atoms with Crippen molar-refractivity contribution in [3.05, 3.63) is 0 Å². The third kappa shape index (κ3) is 2.42. The molecule has 3 aliphatic heterocycles. The highest BCUT2D eigenvalue weighted by atomic mass is 15.2. The van der Waals surface area contributed by atoms with Crippen molar-refractivity contribution in [2.24, 2.45) is 5.41 Å². The summed E-state index contributed by atoms with van der Waals surface area (Å²) in [5, 5.41) is 0. The molecule has 3 saturated heterocycles. The average Bonchev–Trinajstić information content (AvgIpc) is 2.37. The molecule has 1 spiro atoms. The predicted molar refractivity (Wildman–Crippen MR) is 83.0 cm³/mol. The Morgan fingerprint density at radius 3 is 1.80 bits per heavy atom. The van der Waals surface area contributed by atoms with Crippen molar-refractivity contribution in [3.8, 4) is 0 Å². The van der Waals surface area contributed by atoms with Gasteiger partial charge in [0.15, 0.2) is 0 Å². The van der Waals surface area contributed by atoms with Crippen LogP contribution in [0.15, 0.2) is 0 Å². The summed E-state index contributed by atoms with van der Waals surface area (Å²) in [6, 6.07) is 1.85. The number of hydrogen-bond acceptors (Lipinski definition) is 3. The van der Waals surface area contributed by atoms with E-state index in [1.165, 1.54) is 84.2 Å². The summed E-state index contributed by atoms with van der Waals surface area (Å²) in [5.41, 5.74) is 0.737. The number of piperidine rings is 1. The maximum atomic E-state index is 2.84. The van der Waals surface area contributed by atoms with E-state index in [2.05, 4.69) is 21.7 Å². The quantitative estimate of drug-likeness (QED) is 0.765. The molecule has 0 bridgehead atoms. The maximum absolute atomic E-state index is 2.84. The van der Waals surface area contributed by atoms with Gasteiger partial charge in [-0.05, 0) is 83.6 Å². The first-order chi connectivity index (χ1) is 9.74. The minimum atomic E-state index is 0.737. The van der Waals surface area contributed by atoms with Crippen LogP contribution in [0.25, 0.3) is 0 Å². The molecule has 0 amide bonds. The van der Waals surface area contributed by atoms with Crippen molar-refractivity contribution in [1.29, 1.82) is 0 Å². The largest absolute Gasteiger partial charge is 0.305 e. The summed E-state index contributed by atoms with van der Waals surface area (Å²) in [4.78, 5) is 8.06. The van der Waals surface area contributed by atoms with E-state index in [1.807, 2.05) is 0 Å². The molecule has 0 unspecified atom stereocenters. The monoisotopic (exact) mass is 277 g/mol. The molecule has 0 aromatic heterocycles. The van der Waals surface area contributed by atoms with Gasteiger partial charge in [0.05, 0.1) is 0 Å². The fraction of sp³-hybridized carbons (Fsp3) is 1.00. The molecule has 3 nitrogen and oxygen atoms in total. The fourth-order valence-electron chi connectivity index (χ4n) is 5.32. The third-order valence-corrected chi connectivity index (χ3v) is 6.65. The van der Waals surface area contributed by atoms with Crippen LogP contribution in [0.5, 0.6) is 0 Å². The smallest absolute Gasteiger partial charge is 0.0120 e. The highest BCUT2D eigenvalue weighted by Crippen LogP contribution is 2.44. The number of likely N-dealkylation sites (tertiary alicyclic amines) is 3. The molecule has 0 aromatic carbocycles. The first kappa shape index (κ1) is 13.5. The number of rotatable bonds is 2. The van der Waals surface area contributed by atoms with Gasteiger partial charge in [0.25, 0.3) is 0 Å². The van der Waals surface area contributed by atoms with Gasteiger partial charge >= 0.3 is 0 Å². The molecule has 4 fully saturated rings. The third-order valence-electron chi connectivity index (χ3n) is 6.65. The molecule has 0 aromatic rings. The maximum Gasteiger partial charge on any atom is 0.0120 e. The Morgan fingerprint density at radius 1 is 0.750 bits per heavy atom. The molecule has 3 heteroatoms. The molecule has 20 heavy (non-hydrogen) atoms. The molecule has 114 valence electrons. The fourth-order valence-corrected chi connectivity index (χ4v) is 5.32. The Kier molecular flexibility index (Phi) is 3.56. The van der Waals surface area contributed by atoms with Crippen LogP contribution in [0.4, 0.5) is 0 Å². The van der Waals surface area contributed by atoms with Gasteiger partial charge in [-0.25, -0.2) is 0 Å². The highest BCUT2D eigenvalue weighted by molar-refractivity contribution is 4.99. The van der Waals surface area contributed by atoms with Gasteiger partial charge in [0.2, 0.25) is 0 Å². The molecular formula is C17H31N3. The van der Waals surface area contributed by atoms with Crippen LogP contribution in [0.1, 0.15) is 44.9 Å². The summed E-state index contributed by atoms with van der Waals surface area (Å²) < 4.78 is 0. The van der Waals surface area contributed by atoms with Crippen molar-refractivity contribution in [2.75, 3.05) is 46.3 Å². The molecule has 0 N–H and O–H groups in total. The van der Waals surface area contributed by atoms with Crippen molar-refractivity contribution in [1.82, 2.24) is 14.7 Å². The average molecular weight is 277 g/mol. The van der Waals surface area contributed by atoms with Crippen molar-refractivity contribution < 1.29 is 0 Å². The van der Waals surface area contributed by atoms with E-state index in [0.717, 1.165) is 17.5 Å². The Morgan fingerprint density at radius 2 is 1.30 bits per heavy atom. The van der Waals surface area contributed by atoms with Gasteiger partial charge in [-0.15, -0.1) is 0 Å². The Hall–Kier alpha value is -0.120. The molecule has 4 aliphatic rings. The van der Waals surface area contributed by atoms with Crippen LogP contribution in [0, 0.1) is 5.41 Å². The summed E-state index contributed by atoms with van der Waals surface area (Å²) >= 11 is 0. The standard InChI is InChI=1S/C17H31N3/c1-18-13-17(14-18)7-3-15(4-8-17)20-11-5-16(6-12-20)19-9-2-10-19/h15-16H,2-14H2,1H3. The lowest BCUT2D eigenvalue weighted by Gasteiger charge is -2.54. The Bertz CT molecular complexity index is 328. The molecule has 0 atom stereocenters. The normalized spacial score (nSPS) is 34.0. The van der Waals surface area contributed by atoms with Crippen LogP contribution in [0.3, 0.4) is 0 Å². The Balaban J connectivity index is 1.24. The van der Waals surface area contributed by atoms with Gasteiger partial charge in [0, 0.05) is 25.2 Å². The lowest BCUT2D eigenvalue weighted by atomic mass is 9.67. The van der Waals surface area contributed by atoms with Crippen LogP contribution in [-0.2, 0) is 0 Å². The molecule has 3 heterocycles. The first-order valence-electron chi connectivity index (χ1n) is 8.91. The molecule has 0 radical (unpaired) electrons. The van der Waals surface area contributed by atoms with E-state index in [9.17, 15) is 0 Å². The summed E-state index contributed by atoms with van der Waals surface area (Å²) in [5.74, 6) is 0. The van der Waals surface area contributed by atoms with E-state index in [4.69, 9.17) is 0 Å². The van der Waals surface area contributed by atoms with Gasteiger partial charge in [-0.3, -0.25) is 0 Å². The van der Waals surface area contributed by atoms with Gasteiger partial charge in [0.1, 0.15) is 0 Å². The van der Waals surface area contributed by atoms with E-state index in [0.29, 0.717) is 0 Å². The second kappa shape index (κ2) is 5.26. The molecule has 4 rings (SSSR count). The number of nitrogens with zero attached hydrogens (tertiary/aromatic N) is 3. The SMILES string of the molecule is CN1CC2(CCC(N3CCC(N4CCC4)CC3)CC2)C1. The van der Waals surface area contributed by atoms with E-state index in [-0.39, 0.29) is 0 Å². The lowest BCUT2D eigenvalue weighted by Crippen LogP contribution is -2.58. The zero-order chi connectivity index (χ0) is 13.6.